The van der Waals surface area contributed by atoms with Gasteiger partial charge in [-0.3, -0.25) is 0 Å². The van der Waals surface area contributed by atoms with Gasteiger partial charge in [-0.1, -0.05) is 18.3 Å². The average Bonchev–Trinajstić information content (AvgIpc) is 2.59. The lowest BCUT2D eigenvalue weighted by Gasteiger charge is -1.99. The normalized spacial score (nSPS) is 11.9. The van der Waals surface area contributed by atoms with Crippen LogP contribution in [0.3, 0.4) is 0 Å². The zero-order chi connectivity index (χ0) is 11.9. The number of fused-ring (bicyclic) bond motifs is 1. The van der Waals surface area contributed by atoms with Crippen LogP contribution in [0.5, 0.6) is 0 Å². The van der Waals surface area contributed by atoms with Gasteiger partial charge in [0.05, 0.1) is 11.0 Å². The Morgan fingerprint density at radius 1 is 1.38 bits per heavy atom. The van der Waals surface area contributed by atoms with E-state index in [0.29, 0.717) is 5.56 Å². The number of H-pyrrole nitrogens is 1. The minimum Gasteiger partial charge on any atom is -0.389 e. The van der Waals surface area contributed by atoms with Gasteiger partial charge in [0.2, 0.25) is 5.82 Å². The SMILES string of the molecule is NC(=S)c1cccc2[nH]c(C(F)(F)F)nc12. The Morgan fingerprint density at radius 3 is 2.62 bits per heavy atom. The molecule has 2 aromatic rings. The average molecular weight is 245 g/mol. The van der Waals surface area contributed by atoms with Crippen molar-refractivity contribution in [1.29, 1.82) is 0 Å². The number of alkyl halides is 3. The first-order chi connectivity index (χ1) is 7.39. The van der Waals surface area contributed by atoms with Crippen molar-refractivity contribution in [2.45, 2.75) is 6.18 Å². The Labute approximate surface area is 93.5 Å². The molecule has 0 amide bonds. The molecule has 0 fully saturated rings. The summed E-state index contributed by atoms with van der Waals surface area (Å²) >= 11 is 4.73. The van der Waals surface area contributed by atoms with Crippen LogP contribution in [0.25, 0.3) is 11.0 Å². The number of thiocarbonyl (C=S) groups is 1. The van der Waals surface area contributed by atoms with E-state index in [1.165, 1.54) is 12.1 Å². The van der Waals surface area contributed by atoms with Crippen molar-refractivity contribution in [3.8, 4) is 0 Å². The van der Waals surface area contributed by atoms with E-state index >= 15 is 0 Å². The van der Waals surface area contributed by atoms with Gasteiger partial charge in [0.15, 0.2) is 0 Å². The Morgan fingerprint density at radius 2 is 2.06 bits per heavy atom. The van der Waals surface area contributed by atoms with Crippen LogP contribution < -0.4 is 5.73 Å². The summed E-state index contributed by atoms with van der Waals surface area (Å²) in [5, 5.41) is 0. The maximum Gasteiger partial charge on any atom is 0.449 e. The highest BCUT2D eigenvalue weighted by atomic mass is 32.1. The standard InChI is InChI=1S/C9H6F3N3S/c10-9(11,12)8-14-5-3-1-2-4(7(13)16)6(5)15-8/h1-3H,(H2,13,16)(H,14,15). The fourth-order valence-corrected chi connectivity index (χ4v) is 1.53. The highest BCUT2D eigenvalue weighted by Gasteiger charge is 2.35. The molecule has 3 N–H and O–H groups in total. The number of hydrogen-bond donors (Lipinski definition) is 2. The number of nitrogens with one attached hydrogen (secondary N) is 1. The number of benzene rings is 1. The second-order valence-electron chi connectivity index (χ2n) is 3.15. The zero-order valence-electron chi connectivity index (χ0n) is 7.80. The molecule has 0 atom stereocenters. The predicted octanol–water partition coefficient (Wildman–Crippen LogP) is 2.22. The van der Waals surface area contributed by atoms with Crippen LogP contribution in [0.2, 0.25) is 0 Å². The van der Waals surface area contributed by atoms with Crippen LogP contribution in [0.15, 0.2) is 18.2 Å². The van der Waals surface area contributed by atoms with E-state index in [2.05, 4.69) is 9.97 Å². The molecule has 1 heterocycles. The summed E-state index contributed by atoms with van der Waals surface area (Å²) in [4.78, 5) is 5.66. The minimum absolute atomic E-state index is 0.0193. The van der Waals surface area contributed by atoms with Gasteiger partial charge in [-0.2, -0.15) is 13.2 Å². The highest BCUT2D eigenvalue weighted by molar-refractivity contribution is 7.80. The van der Waals surface area contributed by atoms with Crippen LogP contribution in [0.4, 0.5) is 13.2 Å². The first kappa shape index (κ1) is 10.9. The number of hydrogen-bond acceptors (Lipinski definition) is 2. The molecule has 1 aromatic carbocycles. The van der Waals surface area contributed by atoms with Gasteiger partial charge in [-0.15, -0.1) is 0 Å². The molecule has 0 bridgehead atoms. The molecule has 0 saturated carbocycles. The predicted molar refractivity (Wildman–Crippen MR) is 57.0 cm³/mol. The van der Waals surface area contributed by atoms with Crippen molar-refractivity contribution in [3.05, 3.63) is 29.6 Å². The first-order valence-corrected chi connectivity index (χ1v) is 4.66. The van der Waals surface area contributed by atoms with E-state index in [9.17, 15) is 13.2 Å². The smallest absolute Gasteiger partial charge is 0.389 e. The van der Waals surface area contributed by atoms with Crippen molar-refractivity contribution < 1.29 is 13.2 Å². The first-order valence-electron chi connectivity index (χ1n) is 4.25. The van der Waals surface area contributed by atoms with E-state index in [4.69, 9.17) is 18.0 Å². The number of nitrogens with zero attached hydrogens (tertiary/aromatic N) is 1. The number of nitrogens with two attached hydrogens (primary N) is 1. The van der Waals surface area contributed by atoms with Gasteiger partial charge in [0.1, 0.15) is 4.99 Å². The lowest BCUT2D eigenvalue weighted by molar-refractivity contribution is -0.144. The summed E-state index contributed by atoms with van der Waals surface area (Å²) < 4.78 is 37.2. The molecule has 0 aliphatic rings. The summed E-state index contributed by atoms with van der Waals surface area (Å²) in [6.45, 7) is 0. The monoisotopic (exact) mass is 245 g/mol. The van der Waals surface area contributed by atoms with Crippen LogP contribution in [0, 0.1) is 0 Å². The minimum atomic E-state index is -4.51. The van der Waals surface area contributed by atoms with Crippen molar-refractivity contribution in [3.63, 3.8) is 0 Å². The lowest BCUT2D eigenvalue weighted by Crippen LogP contribution is -2.10. The summed E-state index contributed by atoms with van der Waals surface area (Å²) in [5.74, 6) is -1.05. The van der Waals surface area contributed by atoms with Gasteiger partial charge in [-0.25, -0.2) is 4.98 Å². The Bertz CT molecular complexity index is 559. The second-order valence-corrected chi connectivity index (χ2v) is 3.59. The van der Waals surface area contributed by atoms with Gasteiger partial charge < -0.3 is 10.7 Å². The van der Waals surface area contributed by atoms with Crippen molar-refractivity contribution in [1.82, 2.24) is 9.97 Å². The third kappa shape index (κ3) is 1.73. The molecule has 0 aliphatic carbocycles. The summed E-state index contributed by atoms with van der Waals surface area (Å²) in [5.41, 5.74) is 6.13. The molecule has 0 saturated heterocycles. The van der Waals surface area contributed by atoms with Crippen LogP contribution in [-0.4, -0.2) is 15.0 Å². The number of imidazole rings is 1. The molecule has 0 aliphatic heterocycles. The van der Waals surface area contributed by atoms with E-state index in [1.807, 2.05) is 0 Å². The molecule has 7 heteroatoms. The molecule has 84 valence electrons. The molecule has 0 radical (unpaired) electrons. The number of aromatic amines is 1. The number of aromatic nitrogens is 2. The number of halogens is 3. The molecule has 2 rings (SSSR count). The summed E-state index contributed by atoms with van der Waals surface area (Å²) in [6, 6.07) is 4.58. The third-order valence-electron chi connectivity index (χ3n) is 2.05. The van der Waals surface area contributed by atoms with Gasteiger partial charge in [0.25, 0.3) is 0 Å². The van der Waals surface area contributed by atoms with Crippen molar-refractivity contribution in [2.24, 2.45) is 5.73 Å². The largest absolute Gasteiger partial charge is 0.449 e. The fourth-order valence-electron chi connectivity index (χ4n) is 1.37. The van der Waals surface area contributed by atoms with Gasteiger partial charge in [-0.05, 0) is 12.1 Å². The van der Waals surface area contributed by atoms with Crippen LogP contribution >= 0.6 is 12.2 Å². The maximum absolute atomic E-state index is 12.4. The molecule has 0 unspecified atom stereocenters. The molecule has 0 spiro atoms. The third-order valence-corrected chi connectivity index (χ3v) is 2.27. The Balaban J connectivity index is 2.71. The number of para-hydroxylation sites is 1. The molecule has 3 nitrogen and oxygen atoms in total. The molecular weight excluding hydrogens is 239 g/mol. The summed E-state index contributed by atoms with van der Waals surface area (Å²) in [7, 11) is 0. The van der Waals surface area contributed by atoms with E-state index in [0.717, 1.165) is 0 Å². The molecule has 1 aromatic heterocycles. The molecular formula is C9H6F3N3S. The Kier molecular flexibility index (Phi) is 2.34. The van der Waals surface area contributed by atoms with Gasteiger partial charge in [0, 0.05) is 5.56 Å². The zero-order valence-corrected chi connectivity index (χ0v) is 8.62. The number of rotatable bonds is 1. The van der Waals surface area contributed by atoms with Crippen LogP contribution in [0.1, 0.15) is 11.4 Å². The Hall–Kier alpha value is -1.63. The lowest BCUT2D eigenvalue weighted by atomic mass is 10.2. The fraction of sp³-hybridized carbons (Fsp3) is 0.111. The van der Waals surface area contributed by atoms with E-state index < -0.39 is 12.0 Å². The van der Waals surface area contributed by atoms with Gasteiger partial charge >= 0.3 is 6.18 Å². The van der Waals surface area contributed by atoms with E-state index in [-0.39, 0.29) is 16.0 Å². The van der Waals surface area contributed by atoms with Crippen molar-refractivity contribution in [2.75, 3.05) is 0 Å². The second kappa shape index (κ2) is 3.44. The highest BCUT2D eigenvalue weighted by Crippen LogP contribution is 2.29. The maximum atomic E-state index is 12.4. The van der Waals surface area contributed by atoms with Crippen LogP contribution in [-0.2, 0) is 6.18 Å². The summed E-state index contributed by atoms with van der Waals surface area (Å²) in [6.07, 6.45) is -4.51. The topological polar surface area (TPSA) is 54.7 Å². The van der Waals surface area contributed by atoms with Crippen molar-refractivity contribution >= 4 is 28.2 Å². The molecule has 16 heavy (non-hydrogen) atoms. The quantitative estimate of drug-likeness (QED) is 0.757. The van der Waals surface area contributed by atoms with E-state index in [1.54, 1.807) is 6.07 Å².